The first-order chi connectivity index (χ1) is 8.66. The molecule has 0 fully saturated rings. The lowest BCUT2D eigenvalue weighted by Gasteiger charge is -2.09. The van der Waals surface area contributed by atoms with Crippen molar-refractivity contribution in [1.82, 2.24) is 5.32 Å². The maximum atomic E-state index is 6.09. The highest BCUT2D eigenvalue weighted by atomic mass is 35.5. The molecule has 1 nitrogen and oxygen atoms in total. The Morgan fingerprint density at radius 3 is 2.17 bits per heavy atom. The van der Waals surface area contributed by atoms with Crippen LogP contribution in [-0.4, -0.2) is 0 Å². The molecule has 1 N–H and O–H groups in total. The molecule has 0 bridgehead atoms. The van der Waals surface area contributed by atoms with E-state index in [1.807, 2.05) is 42.5 Å². The third-order valence-corrected chi connectivity index (χ3v) is 3.52. The zero-order valence-corrected chi connectivity index (χ0v) is 11.9. The first kappa shape index (κ1) is 13.7. The summed E-state index contributed by atoms with van der Waals surface area (Å²) in [6.07, 6.45) is 0. The van der Waals surface area contributed by atoms with Crippen LogP contribution in [0, 0.1) is 0 Å². The van der Waals surface area contributed by atoms with E-state index in [0.29, 0.717) is 16.6 Å². The highest BCUT2D eigenvalue weighted by molar-refractivity contribution is 6.36. The van der Waals surface area contributed by atoms with E-state index in [9.17, 15) is 0 Å². The third-order valence-electron chi connectivity index (χ3n) is 2.58. The van der Waals surface area contributed by atoms with Gasteiger partial charge < -0.3 is 5.32 Å². The number of rotatable bonds is 4. The summed E-state index contributed by atoms with van der Waals surface area (Å²) < 4.78 is 0. The van der Waals surface area contributed by atoms with Gasteiger partial charge in [0.25, 0.3) is 0 Å². The summed E-state index contributed by atoms with van der Waals surface area (Å²) in [5.74, 6) is 0. The zero-order valence-electron chi connectivity index (χ0n) is 9.59. The second kappa shape index (κ2) is 6.44. The molecule has 0 atom stereocenters. The molecule has 0 saturated carbocycles. The highest BCUT2D eigenvalue weighted by Gasteiger charge is 2.04. The van der Waals surface area contributed by atoms with Crippen molar-refractivity contribution >= 4 is 34.8 Å². The van der Waals surface area contributed by atoms with Gasteiger partial charge in [0, 0.05) is 33.7 Å². The van der Waals surface area contributed by atoms with Crippen molar-refractivity contribution in [1.29, 1.82) is 0 Å². The smallest absolute Gasteiger partial charge is 0.0465 e. The zero-order chi connectivity index (χ0) is 13.0. The van der Waals surface area contributed by atoms with Crippen molar-refractivity contribution in [2.45, 2.75) is 13.1 Å². The fourth-order valence-corrected chi connectivity index (χ4v) is 2.42. The Bertz CT molecular complexity index is 520. The fourth-order valence-electron chi connectivity index (χ4n) is 1.68. The average Bonchev–Trinajstić information content (AvgIpc) is 2.33. The topological polar surface area (TPSA) is 12.0 Å². The molecule has 4 heteroatoms. The van der Waals surface area contributed by atoms with Gasteiger partial charge in [-0.25, -0.2) is 0 Å². The van der Waals surface area contributed by atoms with Crippen LogP contribution in [0.3, 0.4) is 0 Å². The lowest BCUT2D eigenvalue weighted by molar-refractivity contribution is 0.694. The minimum atomic E-state index is 0.630. The average molecular weight is 301 g/mol. The molecule has 0 radical (unpaired) electrons. The van der Waals surface area contributed by atoms with Crippen molar-refractivity contribution < 1.29 is 0 Å². The normalized spacial score (nSPS) is 10.6. The molecule has 0 aromatic heterocycles. The summed E-state index contributed by atoms with van der Waals surface area (Å²) in [4.78, 5) is 0. The summed E-state index contributed by atoms with van der Waals surface area (Å²) in [6, 6.07) is 13.3. The van der Waals surface area contributed by atoms with E-state index in [0.717, 1.165) is 22.7 Å². The van der Waals surface area contributed by atoms with Crippen LogP contribution in [0.4, 0.5) is 0 Å². The summed E-state index contributed by atoms with van der Waals surface area (Å²) in [5, 5.41) is 5.40. The van der Waals surface area contributed by atoms with E-state index in [2.05, 4.69) is 5.32 Å². The van der Waals surface area contributed by atoms with Crippen molar-refractivity contribution in [2.24, 2.45) is 0 Å². The second-order valence-electron chi connectivity index (χ2n) is 3.93. The first-order valence-electron chi connectivity index (χ1n) is 5.55. The van der Waals surface area contributed by atoms with Crippen LogP contribution in [-0.2, 0) is 13.1 Å². The quantitative estimate of drug-likeness (QED) is 0.843. The lowest BCUT2D eigenvalue weighted by atomic mass is 10.2. The molecule has 94 valence electrons. The van der Waals surface area contributed by atoms with E-state index in [1.54, 1.807) is 0 Å². The van der Waals surface area contributed by atoms with Crippen molar-refractivity contribution in [2.75, 3.05) is 0 Å². The number of halogens is 3. The molecule has 0 aliphatic carbocycles. The summed E-state index contributed by atoms with van der Waals surface area (Å²) in [5.41, 5.74) is 2.05. The molecule has 0 unspecified atom stereocenters. The number of nitrogens with one attached hydrogen (secondary N) is 1. The summed E-state index contributed by atoms with van der Waals surface area (Å²) in [7, 11) is 0. The lowest BCUT2D eigenvalue weighted by Crippen LogP contribution is -2.13. The summed E-state index contributed by atoms with van der Waals surface area (Å²) in [6.45, 7) is 1.35. The third kappa shape index (κ3) is 3.63. The molecule has 0 spiro atoms. The van der Waals surface area contributed by atoms with Crippen molar-refractivity contribution in [3.05, 3.63) is 68.7 Å². The maximum Gasteiger partial charge on any atom is 0.0465 e. The summed E-state index contributed by atoms with van der Waals surface area (Å²) >= 11 is 18.1. The highest BCUT2D eigenvalue weighted by Crippen LogP contribution is 2.24. The Labute approximate surface area is 122 Å². The molecular formula is C14H12Cl3N. The Morgan fingerprint density at radius 1 is 0.833 bits per heavy atom. The minimum Gasteiger partial charge on any atom is -0.309 e. The van der Waals surface area contributed by atoms with Gasteiger partial charge in [-0.2, -0.15) is 0 Å². The molecule has 0 heterocycles. The van der Waals surface area contributed by atoms with Gasteiger partial charge in [0.2, 0.25) is 0 Å². The number of hydrogen-bond acceptors (Lipinski definition) is 1. The van der Waals surface area contributed by atoms with Gasteiger partial charge >= 0.3 is 0 Å². The Kier molecular flexibility index (Phi) is 4.90. The van der Waals surface area contributed by atoms with E-state index in [4.69, 9.17) is 34.8 Å². The second-order valence-corrected chi connectivity index (χ2v) is 5.18. The van der Waals surface area contributed by atoms with Crippen LogP contribution in [0.2, 0.25) is 15.1 Å². The predicted molar refractivity (Wildman–Crippen MR) is 78.5 cm³/mol. The fraction of sp³-hybridized carbons (Fsp3) is 0.143. The van der Waals surface area contributed by atoms with Crippen LogP contribution in [0.15, 0.2) is 42.5 Å². The molecule has 2 aromatic carbocycles. The van der Waals surface area contributed by atoms with Crippen LogP contribution >= 0.6 is 34.8 Å². The molecule has 18 heavy (non-hydrogen) atoms. The molecule has 0 aliphatic rings. The van der Waals surface area contributed by atoms with Crippen molar-refractivity contribution in [3.63, 3.8) is 0 Å². The molecule has 0 amide bonds. The predicted octanol–water partition coefficient (Wildman–Crippen LogP) is 4.94. The van der Waals surface area contributed by atoms with Gasteiger partial charge in [-0.05, 0) is 29.8 Å². The Balaban J connectivity index is 1.97. The molecule has 0 saturated heterocycles. The van der Waals surface area contributed by atoms with E-state index < -0.39 is 0 Å². The van der Waals surface area contributed by atoms with Crippen molar-refractivity contribution in [3.8, 4) is 0 Å². The molecule has 2 aromatic rings. The largest absolute Gasteiger partial charge is 0.309 e. The van der Waals surface area contributed by atoms with Gasteiger partial charge in [-0.1, -0.05) is 53.0 Å². The Hall–Kier alpha value is -0.730. The van der Waals surface area contributed by atoms with Crippen LogP contribution < -0.4 is 5.32 Å². The van der Waals surface area contributed by atoms with Gasteiger partial charge in [0.15, 0.2) is 0 Å². The molecule has 2 rings (SSSR count). The first-order valence-corrected chi connectivity index (χ1v) is 6.68. The van der Waals surface area contributed by atoms with Crippen LogP contribution in [0.1, 0.15) is 11.1 Å². The van der Waals surface area contributed by atoms with Crippen LogP contribution in [0.5, 0.6) is 0 Å². The minimum absolute atomic E-state index is 0.630. The molecular weight excluding hydrogens is 289 g/mol. The Morgan fingerprint density at radius 2 is 1.50 bits per heavy atom. The number of hydrogen-bond donors (Lipinski definition) is 1. The van der Waals surface area contributed by atoms with E-state index >= 15 is 0 Å². The van der Waals surface area contributed by atoms with E-state index in [1.165, 1.54) is 0 Å². The maximum absolute atomic E-state index is 6.09. The standard InChI is InChI=1S/C14H12Cl3N/c15-11-4-1-3-10(7-11)8-18-9-12-13(16)5-2-6-14(12)17/h1-7,18H,8-9H2. The van der Waals surface area contributed by atoms with Crippen LogP contribution in [0.25, 0.3) is 0 Å². The van der Waals surface area contributed by atoms with Gasteiger partial charge in [-0.3, -0.25) is 0 Å². The monoisotopic (exact) mass is 299 g/mol. The molecule has 0 aliphatic heterocycles. The van der Waals surface area contributed by atoms with E-state index in [-0.39, 0.29) is 0 Å². The SMILES string of the molecule is Clc1cccc(CNCc2c(Cl)cccc2Cl)c1. The van der Waals surface area contributed by atoms with Gasteiger partial charge in [-0.15, -0.1) is 0 Å². The number of benzene rings is 2. The van der Waals surface area contributed by atoms with Gasteiger partial charge in [0.05, 0.1) is 0 Å². The van der Waals surface area contributed by atoms with Gasteiger partial charge in [0.1, 0.15) is 0 Å².